The summed E-state index contributed by atoms with van der Waals surface area (Å²) in [5, 5.41) is 12.1. The van der Waals surface area contributed by atoms with Crippen molar-refractivity contribution in [2.75, 3.05) is 0 Å². The highest BCUT2D eigenvalue weighted by atomic mass is 16.7. The van der Waals surface area contributed by atoms with Crippen molar-refractivity contribution in [1.82, 2.24) is 0 Å². The Labute approximate surface area is 222 Å². The first-order valence-corrected chi connectivity index (χ1v) is 13.2. The van der Waals surface area contributed by atoms with E-state index in [0.717, 1.165) is 5.57 Å². The lowest BCUT2D eigenvalue weighted by molar-refractivity contribution is -0.210. The lowest BCUT2D eigenvalue weighted by atomic mass is 9.56. The molecule has 4 aliphatic rings. The van der Waals surface area contributed by atoms with Crippen LogP contribution in [0.5, 0.6) is 0 Å². The van der Waals surface area contributed by atoms with Crippen LogP contribution in [0, 0.1) is 11.3 Å². The smallest absolute Gasteiger partial charge is 0.342 e. The van der Waals surface area contributed by atoms with Gasteiger partial charge in [0.2, 0.25) is 0 Å². The fourth-order valence-corrected chi connectivity index (χ4v) is 6.83. The van der Waals surface area contributed by atoms with Gasteiger partial charge in [-0.3, -0.25) is 14.4 Å². The molecule has 0 aromatic heterocycles. The van der Waals surface area contributed by atoms with E-state index in [1.54, 1.807) is 26.8 Å². The minimum absolute atomic E-state index is 0.155. The minimum atomic E-state index is -1.39. The van der Waals surface area contributed by atoms with Crippen LogP contribution in [0.1, 0.15) is 74.1 Å². The van der Waals surface area contributed by atoms with Gasteiger partial charge in [0.1, 0.15) is 18.3 Å². The van der Waals surface area contributed by atoms with Crippen LogP contribution in [0.3, 0.4) is 0 Å². The molecule has 0 aromatic rings. The van der Waals surface area contributed by atoms with Gasteiger partial charge in [0.15, 0.2) is 17.3 Å². The first-order valence-electron chi connectivity index (χ1n) is 13.2. The summed E-state index contributed by atoms with van der Waals surface area (Å²) in [6.07, 6.45) is -0.387. The van der Waals surface area contributed by atoms with Crippen LogP contribution >= 0.6 is 0 Å². The lowest BCUT2D eigenvalue weighted by Crippen LogP contribution is -2.63. The van der Waals surface area contributed by atoms with Crippen molar-refractivity contribution >= 4 is 23.9 Å². The molecule has 210 valence electrons. The van der Waals surface area contributed by atoms with E-state index in [-0.39, 0.29) is 19.3 Å². The second-order valence-corrected chi connectivity index (χ2v) is 11.4. The summed E-state index contributed by atoms with van der Waals surface area (Å²) < 4.78 is 29.4. The molecule has 38 heavy (non-hydrogen) atoms. The number of esters is 4. The molecule has 2 fully saturated rings. The van der Waals surface area contributed by atoms with Crippen molar-refractivity contribution in [3.63, 3.8) is 0 Å². The van der Waals surface area contributed by atoms with E-state index in [4.69, 9.17) is 23.7 Å². The van der Waals surface area contributed by atoms with Gasteiger partial charge < -0.3 is 28.8 Å². The molecule has 0 bridgehead atoms. The van der Waals surface area contributed by atoms with Crippen LogP contribution in [0.2, 0.25) is 0 Å². The van der Waals surface area contributed by atoms with Gasteiger partial charge >= 0.3 is 23.9 Å². The molecular weight excluding hydrogens is 496 g/mol. The molecular formula is C28H38O10. The van der Waals surface area contributed by atoms with Crippen molar-refractivity contribution in [2.24, 2.45) is 11.3 Å². The molecule has 0 saturated carbocycles. The van der Waals surface area contributed by atoms with Crippen molar-refractivity contribution in [3.05, 3.63) is 23.3 Å². The number of epoxide rings is 1. The number of aliphatic hydroxyl groups is 1. The average molecular weight is 535 g/mol. The molecule has 2 aliphatic carbocycles. The molecule has 2 saturated heterocycles. The van der Waals surface area contributed by atoms with E-state index in [0.29, 0.717) is 12.0 Å². The van der Waals surface area contributed by atoms with Crippen molar-refractivity contribution in [1.29, 1.82) is 0 Å². The predicted molar refractivity (Wildman–Crippen MR) is 132 cm³/mol. The topological polar surface area (TPSA) is 138 Å². The Morgan fingerprint density at radius 1 is 1.11 bits per heavy atom. The first kappa shape index (κ1) is 28.3. The molecule has 0 amide bonds. The number of hydrogen-bond donors (Lipinski definition) is 1. The summed E-state index contributed by atoms with van der Waals surface area (Å²) in [6.45, 7) is 11.4. The number of carbonyl (C=O) groups is 4. The van der Waals surface area contributed by atoms with E-state index in [1.807, 2.05) is 19.9 Å². The number of hydrogen-bond acceptors (Lipinski definition) is 10. The molecule has 4 rings (SSSR count). The van der Waals surface area contributed by atoms with Gasteiger partial charge in [0, 0.05) is 39.0 Å². The molecule has 0 radical (unpaired) electrons. The third-order valence-corrected chi connectivity index (χ3v) is 8.63. The fraction of sp³-hybridized carbons (Fsp3) is 0.714. The van der Waals surface area contributed by atoms with Crippen LogP contribution in [0.4, 0.5) is 0 Å². The maximum absolute atomic E-state index is 12.9. The fourth-order valence-electron chi connectivity index (χ4n) is 6.83. The van der Waals surface area contributed by atoms with Crippen molar-refractivity contribution in [2.45, 2.75) is 116 Å². The molecule has 0 unspecified atom stereocenters. The third kappa shape index (κ3) is 4.25. The number of aliphatic hydroxyl groups excluding tert-OH is 1. The summed E-state index contributed by atoms with van der Waals surface area (Å²) in [6, 6.07) is 0. The van der Waals surface area contributed by atoms with Gasteiger partial charge in [-0.2, -0.15) is 0 Å². The summed E-state index contributed by atoms with van der Waals surface area (Å²) >= 11 is 0. The van der Waals surface area contributed by atoms with E-state index in [2.05, 4.69) is 0 Å². The van der Waals surface area contributed by atoms with Crippen LogP contribution < -0.4 is 0 Å². The molecule has 10 heteroatoms. The zero-order valence-corrected chi connectivity index (χ0v) is 23.1. The van der Waals surface area contributed by atoms with Crippen LogP contribution in [0.25, 0.3) is 0 Å². The second-order valence-electron chi connectivity index (χ2n) is 11.4. The monoisotopic (exact) mass is 534 g/mol. The second kappa shape index (κ2) is 9.79. The van der Waals surface area contributed by atoms with Crippen LogP contribution in [-0.2, 0) is 42.9 Å². The zero-order valence-electron chi connectivity index (χ0n) is 23.1. The van der Waals surface area contributed by atoms with E-state index >= 15 is 0 Å². The number of carbonyl (C=O) groups excluding carboxylic acids is 4. The third-order valence-electron chi connectivity index (χ3n) is 8.63. The highest BCUT2D eigenvalue weighted by molar-refractivity contribution is 5.89. The Hall–Kier alpha value is -2.72. The van der Waals surface area contributed by atoms with Gasteiger partial charge in [-0.15, -0.1) is 0 Å². The Morgan fingerprint density at radius 3 is 2.34 bits per heavy atom. The highest BCUT2D eigenvalue weighted by Crippen LogP contribution is 2.64. The number of rotatable bonds is 5. The molecule has 2 heterocycles. The molecule has 9 atom stereocenters. The van der Waals surface area contributed by atoms with Crippen molar-refractivity contribution in [3.8, 4) is 0 Å². The molecule has 0 aromatic carbocycles. The summed E-state index contributed by atoms with van der Waals surface area (Å²) in [5.74, 6) is -3.02. The Kier molecular flexibility index (Phi) is 7.29. The largest absolute Gasteiger partial charge is 0.461 e. The summed E-state index contributed by atoms with van der Waals surface area (Å²) in [5.41, 5.74) is -2.60. The number of ether oxygens (including phenoxy) is 5. The first-order chi connectivity index (χ1) is 17.7. The lowest BCUT2D eigenvalue weighted by Gasteiger charge is -2.53. The van der Waals surface area contributed by atoms with Crippen LogP contribution in [-0.4, -0.2) is 70.7 Å². The van der Waals surface area contributed by atoms with Gasteiger partial charge in [-0.25, -0.2) is 4.79 Å². The van der Waals surface area contributed by atoms with Crippen LogP contribution in [0.15, 0.2) is 23.3 Å². The molecule has 2 aliphatic heterocycles. The normalized spacial score (nSPS) is 43.1. The molecule has 1 spiro atoms. The summed E-state index contributed by atoms with van der Waals surface area (Å²) in [4.78, 5) is 50.4. The molecule has 1 N–H and O–H groups in total. The van der Waals surface area contributed by atoms with E-state index < -0.39 is 76.9 Å². The van der Waals surface area contributed by atoms with E-state index in [1.165, 1.54) is 13.8 Å². The average Bonchev–Trinajstić information content (AvgIpc) is 3.40. The maximum Gasteiger partial charge on any atom is 0.342 e. The quantitative estimate of drug-likeness (QED) is 0.242. The van der Waals surface area contributed by atoms with Gasteiger partial charge in [-0.05, 0) is 33.3 Å². The zero-order chi connectivity index (χ0) is 28.2. The predicted octanol–water partition coefficient (Wildman–Crippen LogP) is 2.70. The number of fused-ring (bicyclic) bond motifs is 1. The highest BCUT2D eigenvalue weighted by Gasteiger charge is 2.86. The van der Waals surface area contributed by atoms with Crippen molar-refractivity contribution < 1.29 is 48.0 Å². The maximum atomic E-state index is 12.9. The summed E-state index contributed by atoms with van der Waals surface area (Å²) in [7, 11) is 0. The Bertz CT molecular complexity index is 1090. The standard InChI is InChI=1S/C28H38O10/c1-8-9-21(31)36-18-12-14(2)13-20-28(27(7,38-28)25(33)37-20)23(32)22-15(3)10-11-19(34-16(4)29)26(22,6)24(18)35-17(5)30/h10,13,18-20,22-24,32H,8-9,11-12H2,1-7H3/b14-13-/t18-,19-,20-,22+,23-,24-,26-,27-,28-/m0/s1. The van der Waals surface area contributed by atoms with E-state index in [9.17, 15) is 24.3 Å². The Morgan fingerprint density at radius 2 is 1.76 bits per heavy atom. The SMILES string of the molecule is CCCC(=O)O[C@H]1C/C(C)=C\[C@@H]2OC(=O)[C@]3(C)O[C@]23[C@@H](O)[C@H]2C(C)=CC[C@H](OC(C)=O)[C@]2(C)[C@H]1OC(C)=O. The van der Waals surface area contributed by atoms with Gasteiger partial charge in [0.05, 0.1) is 11.5 Å². The minimum Gasteiger partial charge on any atom is -0.461 e. The molecule has 10 nitrogen and oxygen atoms in total. The van der Waals surface area contributed by atoms with Gasteiger partial charge in [-0.1, -0.05) is 31.1 Å². The van der Waals surface area contributed by atoms with Gasteiger partial charge in [0.25, 0.3) is 0 Å². The Balaban J connectivity index is 1.96.